The van der Waals surface area contributed by atoms with Gasteiger partial charge >= 0.3 is 6.03 Å². The van der Waals surface area contributed by atoms with Crippen molar-refractivity contribution in [3.05, 3.63) is 18.2 Å². The van der Waals surface area contributed by atoms with Crippen molar-refractivity contribution in [2.24, 2.45) is 0 Å². The fourth-order valence-electron chi connectivity index (χ4n) is 1.78. The summed E-state index contributed by atoms with van der Waals surface area (Å²) >= 11 is 0. The molecule has 8 nitrogen and oxygen atoms in total. The van der Waals surface area contributed by atoms with Crippen molar-refractivity contribution >= 4 is 29.4 Å². The summed E-state index contributed by atoms with van der Waals surface area (Å²) in [5.74, 6) is 0.372. The van der Waals surface area contributed by atoms with Crippen LogP contribution in [0.2, 0.25) is 0 Å². The quantitative estimate of drug-likeness (QED) is 0.722. The third-order valence-corrected chi connectivity index (χ3v) is 2.67. The van der Waals surface area contributed by atoms with E-state index in [4.69, 9.17) is 5.73 Å². The predicted molar refractivity (Wildman–Crippen MR) is 62.9 cm³/mol. The first kappa shape index (κ1) is 10.5. The van der Waals surface area contributed by atoms with Gasteiger partial charge in [0.2, 0.25) is 5.91 Å². The van der Waals surface area contributed by atoms with Crippen LogP contribution in [0.1, 0.15) is 6.42 Å². The van der Waals surface area contributed by atoms with E-state index < -0.39 is 6.03 Å². The SMILES string of the molecule is Nc1cccc2nc(N3CCC(=O)NC3=O)nn12. The van der Waals surface area contributed by atoms with Gasteiger partial charge in [-0.25, -0.2) is 4.79 Å². The highest BCUT2D eigenvalue weighted by Gasteiger charge is 2.27. The molecule has 8 heteroatoms. The number of carbonyl (C=O) groups is 2. The van der Waals surface area contributed by atoms with Gasteiger partial charge in [-0.05, 0) is 12.1 Å². The normalized spacial score (nSPS) is 16.1. The molecule has 0 radical (unpaired) electrons. The van der Waals surface area contributed by atoms with Gasteiger partial charge in [-0.3, -0.25) is 15.0 Å². The maximum absolute atomic E-state index is 11.6. The molecular weight excluding hydrogens is 236 g/mol. The smallest absolute Gasteiger partial charge is 0.330 e. The van der Waals surface area contributed by atoms with Gasteiger partial charge in [0.1, 0.15) is 5.82 Å². The minimum absolute atomic E-state index is 0.233. The predicted octanol–water partition coefficient (Wildman–Crippen LogP) is -0.242. The van der Waals surface area contributed by atoms with Crippen molar-refractivity contribution in [2.45, 2.75) is 6.42 Å². The summed E-state index contributed by atoms with van der Waals surface area (Å²) in [6, 6.07) is 4.66. The Balaban J connectivity index is 2.02. The van der Waals surface area contributed by atoms with Crippen molar-refractivity contribution in [3.63, 3.8) is 0 Å². The van der Waals surface area contributed by atoms with Gasteiger partial charge in [-0.15, -0.1) is 5.10 Å². The fraction of sp³-hybridized carbons (Fsp3) is 0.200. The summed E-state index contributed by atoms with van der Waals surface area (Å²) in [4.78, 5) is 28.2. The third-order valence-electron chi connectivity index (χ3n) is 2.67. The Bertz CT molecular complexity index is 649. The number of imide groups is 1. The summed E-state index contributed by atoms with van der Waals surface area (Å²) in [7, 11) is 0. The number of rotatable bonds is 1. The lowest BCUT2D eigenvalue weighted by atomic mass is 10.3. The molecule has 1 aliphatic heterocycles. The Hall–Kier alpha value is -2.64. The van der Waals surface area contributed by atoms with Crippen molar-refractivity contribution in [1.29, 1.82) is 0 Å². The van der Waals surface area contributed by atoms with E-state index in [-0.39, 0.29) is 24.8 Å². The molecule has 92 valence electrons. The van der Waals surface area contributed by atoms with Crippen molar-refractivity contribution in [2.75, 3.05) is 17.2 Å². The molecular formula is C10H10N6O2. The highest BCUT2D eigenvalue weighted by atomic mass is 16.2. The van der Waals surface area contributed by atoms with Crippen LogP contribution in [0.4, 0.5) is 16.6 Å². The molecule has 0 spiro atoms. The largest absolute Gasteiger partial charge is 0.384 e. The number of nitrogens with zero attached hydrogens (tertiary/aromatic N) is 4. The molecule has 0 aliphatic carbocycles. The molecule has 18 heavy (non-hydrogen) atoms. The number of amides is 3. The molecule has 0 unspecified atom stereocenters. The highest BCUT2D eigenvalue weighted by Crippen LogP contribution is 2.15. The fourth-order valence-corrected chi connectivity index (χ4v) is 1.78. The number of nitrogens with one attached hydrogen (secondary N) is 1. The van der Waals surface area contributed by atoms with Crippen LogP contribution in [0.5, 0.6) is 0 Å². The van der Waals surface area contributed by atoms with Crippen molar-refractivity contribution in [3.8, 4) is 0 Å². The van der Waals surface area contributed by atoms with E-state index in [1.807, 2.05) is 0 Å². The zero-order valence-corrected chi connectivity index (χ0v) is 9.33. The van der Waals surface area contributed by atoms with E-state index in [0.717, 1.165) is 0 Å². The second kappa shape index (κ2) is 3.69. The second-order valence-corrected chi connectivity index (χ2v) is 3.89. The van der Waals surface area contributed by atoms with Crippen LogP contribution in [-0.2, 0) is 4.79 Å². The zero-order valence-electron chi connectivity index (χ0n) is 9.33. The van der Waals surface area contributed by atoms with Gasteiger partial charge in [0.05, 0.1) is 0 Å². The summed E-state index contributed by atoms with van der Waals surface area (Å²) in [6.07, 6.45) is 0.233. The van der Waals surface area contributed by atoms with Crippen molar-refractivity contribution < 1.29 is 9.59 Å². The number of fused-ring (bicyclic) bond motifs is 1. The number of hydrogen-bond acceptors (Lipinski definition) is 5. The molecule has 2 aromatic heterocycles. The molecule has 0 saturated carbocycles. The number of carbonyl (C=O) groups excluding carboxylic acids is 2. The third kappa shape index (κ3) is 1.54. The molecule has 1 fully saturated rings. The number of nitrogen functional groups attached to an aromatic ring is 1. The Labute approximate surface area is 101 Å². The minimum atomic E-state index is -0.513. The lowest BCUT2D eigenvalue weighted by molar-refractivity contribution is -0.120. The first-order valence-electron chi connectivity index (χ1n) is 5.38. The lowest BCUT2D eigenvalue weighted by Crippen LogP contribution is -2.50. The van der Waals surface area contributed by atoms with E-state index in [0.29, 0.717) is 11.5 Å². The van der Waals surface area contributed by atoms with Crippen LogP contribution < -0.4 is 16.0 Å². The Morgan fingerprint density at radius 3 is 2.89 bits per heavy atom. The topological polar surface area (TPSA) is 106 Å². The van der Waals surface area contributed by atoms with Gasteiger partial charge in [0.25, 0.3) is 5.95 Å². The van der Waals surface area contributed by atoms with Crippen LogP contribution >= 0.6 is 0 Å². The first-order valence-corrected chi connectivity index (χ1v) is 5.38. The van der Waals surface area contributed by atoms with Gasteiger partial charge in [0, 0.05) is 13.0 Å². The van der Waals surface area contributed by atoms with Gasteiger partial charge < -0.3 is 5.73 Å². The molecule has 2 aromatic rings. The molecule has 0 bridgehead atoms. The number of nitrogens with two attached hydrogens (primary N) is 1. The van der Waals surface area contributed by atoms with E-state index in [1.165, 1.54) is 9.42 Å². The lowest BCUT2D eigenvalue weighted by Gasteiger charge is -2.22. The highest BCUT2D eigenvalue weighted by molar-refractivity contribution is 6.04. The number of hydrogen-bond donors (Lipinski definition) is 2. The van der Waals surface area contributed by atoms with Gasteiger partial charge in [0.15, 0.2) is 5.65 Å². The summed E-state index contributed by atoms with van der Waals surface area (Å²) < 4.78 is 1.44. The monoisotopic (exact) mass is 246 g/mol. The zero-order chi connectivity index (χ0) is 12.7. The van der Waals surface area contributed by atoms with E-state index in [1.54, 1.807) is 18.2 Å². The minimum Gasteiger partial charge on any atom is -0.384 e. The van der Waals surface area contributed by atoms with E-state index >= 15 is 0 Å². The van der Waals surface area contributed by atoms with E-state index in [9.17, 15) is 9.59 Å². The van der Waals surface area contributed by atoms with E-state index in [2.05, 4.69) is 15.4 Å². The Morgan fingerprint density at radius 2 is 2.17 bits per heavy atom. The average molecular weight is 246 g/mol. The maximum Gasteiger partial charge on any atom is 0.330 e. The van der Waals surface area contributed by atoms with Gasteiger partial charge in [-0.2, -0.15) is 9.50 Å². The molecule has 3 rings (SSSR count). The number of aromatic nitrogens is 3. The average Bonchev–Trinajstić information content (AvgIpc) is 2.74. The molecule has 0 atom stereocenters. The summed E-state index contributed by atoms with van der Waals surface area (Å²) in [5.41, 5.74) is 6.29. The number of pyridine rings is 1. The molecule has 1 aliphatic rings. The number of urea groups is 1. The van der Waals surface area contributed by atoms with Crippen LogP contribution in [-0.4, -0.2) is 33.1 Å². The first-order chi connectivity index (χ1) is 8.65. The summed E-state index contributed by atoms with van der Waals surface area (Å²) in [5, 5.41) is 6.36. The van der Waals surface area contributed by atoms with Crippen LogP contribution in [0.3, 0.4) is 0 Å². The van der Waals surface area contributed by atoms with Gasteiger partial charge in [-0.1, -0.05) is 6.07 Å². The number of anilines is 2. The molecule has 3 N–H and O–H groups in total. The Kier molecular flexibility index (Phi) is 2.15. The molecule has 0 aromatic carbocycles. The second-order valence-electron chi connectivity index (χ2n) is 3.89. The molecule has 1 saturated heterocycles. The Morgan fingerprint density at radius 1 is 1.33 bits per heavy atom. The standard InChI is InChI=1S/C10H10N6O2/c11-6-2-1-3-7-12-9(14-16(6)7)15-5-4-8(17)13-10(15)18/h1-3H,4-5,11H2,(H,13,17,18). The summed E-state index contributed by atoms with van der Waals surface area (Å²) in [6.45, 7) is 0.265. The van der Waals surface area contributed by atoms with Crippen LogP contribution in [0.15, 0.2) is 18.2 Å². The maximum atomic E-state index is 11.6. The van der Waals surface area contributed by atoms with Crippen LogP contribution in [0, 0.1) is 0 Å². The molecule has 3 amide bonds. The van der Waals surface area contributed by atoms with Crippen molar-refractivity contribution in [1.82, 2.24) is 19.9 Å². The van der Waals surface area contributed by atoms with Crippen LogP contribution in [0.25, 0.3) is 5.65 Å². The molecule has 3 heterocycles.